The smallest absolute Gasteiger partial charge is 0.249 e. The van der Waals surface area contributed by atoms with Gasteiger partial charge in [-0.3, -0.25) is 14.4 Å². The number of carbonyl (C=O) groups is 3. The monoisotopic (exact) mass is 467 g/mol. The predicted molar refractivity (Wildman–Crippen MR) is 129 cm³/mol. The third-order valence-corrected chi connectivity index (χ3v) is 8.65. The maximum atomic E-state index is 14.2. The molecule has 0 bridgehead atoms. The van der Waals surface area contributed by atoms with Crippen LogP contribution in [0, 0.1) is 5.92 Å². The molecule has 2 N–H and O–H groups in total. The van der Waals surface area contributed by atoms with Crippen LogP contribution in [0.2, 0.25) is 0 Å². The van der Waals surface area contributed by atoms with Crippen molar-refractivity contribution >= 4 is 17.6 Å². The van der Waals surface area contributed by atoms with Crippen molar-refractivity contribution in [1.82, 2.24) is 9.80 Å². The zero-order chi connectivity index (χ0) is 23.8. The zero-order valence-electron chi connectivity index (χ0n) is 20.2. The molecule has 3 saturated heterocycles. The number of hydrogen-bond donors (Lipinski definition) is 1. The van der Waals surface area contributed by atoms with Gasteiger partial charge < -0.3 is 20.3 Å². The average Bonchev–Trinajstić information content (AvgIpc) is 3.43. The van der Waals surface area contributed by atoms with Crippen LogP contribution in [-0.4, -0.2) is 72.8 Å². The van der Waals surface area contributed by atoms with E-state index < -0.39 is 17.9 Å². The van der Waals surface area contributed by atoms with Crippen molar-refractivity contribution in [1.29, 1.82) is 0 Å². The molecule has 1 aliphatic carbocycles. The number of Topliss-reactive ketones (excluding diaryl/α,β-unsaturated/α-hetero) is 1. The number of nitrogens with two attached hydrogens (primary N) is 1. The van der Waals surface area contributed by atoms with E-state index >= 15 is 0 Å². The van der Waals surface area contributed by atoms with Gasteiger partial charge in [-0.25, -0.2) is 0 Å². The normalized spacial score (nSPS) is 27.7. The first-order valence-electron chi connectivity index (χ1n) is 13.0. The van der Waals surface area contributed by atoms with Gasteiger partial charge in [0.1, 0.15) is 12.6 Å². The largest absolute Gasteiger partial charge is 0.368 e. The summed E-state index contributed by atoms with van der Waals surface area (Å²) in [6.45, 7) is 2.71. The fourth-order valence-corrected chi connectivity index (χ4v) is 6.73. The molecule has 5 rings (SSSR count). The molecule has 34 heavy (non-hydrogen) atoms. The molecular weight excluding hydrogens is 430 g/mol. The van der Waals surface area contributed by atoms with Crippen molar-refractivity contribution in [2.45, 2.75) is 75.3 Å². The molecule has 3 atom stereocenters. The van der Waals surface area contributed by atoms with E-state index in [-0.39, 0.29) is 30.3 Å². The van der Waals surface area contributed by atoms with Crippen molar-refractivity contribution in [2.75, 3.05) is 33.3 Å². The second kappa shape index (κ2) is 9.78. The van der Waals surface area contributed by atoms with Crippen LogP contribution in [-0.2, 0) is 14.3 Å². The Bertz CT molecular complexity index is 949. The molecule has 1 saturated carbocycles. The Morgan fingerprint density at radius 2 is 1.76 bits per heavy atom. The lowest BCUT2D eigenvalue weighted by Gasteiger charge is -2.35. The van der Waals surface area contributed by atoms with E-state index in [0.29, 0.717) is 24.4 Å². The molecule has 7 heteroatoms. The maximum absolute atomic E-state index is 14.2. The van der Waals surface area contributed by atoms with E-state index in [1.54, 1.807) is 4.90 Å². The maximum Gasteiger partial charge on any atom is 0.249 e. The number of carbonyl (C=O) groups excluding carboxylic acids is 3. The van der Waals surface area contributed by atoms with Gasteiger partial charge in [0.25, 0.3) is 0 Å². The highest BCUT2D eigenvalue weighted by Crippen LogP contribution is 2.42. The Labute approximate surface area is 202 Å². The molecule has 3 aliphatic heterocycles. The summed E-state index contributed by atoms with van der Waals surface area (Å²) in [5.74, 6) is -0.391. The van der Waals surface area contributed by atoms with Crippen LogP contribution >= 0.6 is 0 Å². The fraction of sp³-hybridized carbons (Fsp3) is 0.667. The van der Waals surface area contributed by atoms with Crippen molar-refractivity contribution in [3.8, 4) is 0 Å². The molecule has 1 aromatic rings. The molecule has 4 fully saturated rings. The molecule has 4 aliphatic rings. The number of rotatable bonds is 5. The molecule has 0 radical (unpaired) electrons. The summed E-state index contributed by atoms with van der Waals surface area (Å²) in [4.78, 5) is 43.4. The topological polar surface area (TPSA) is 92.9 Å². The number of hydrogen-bond acceptors (Lipinski definition) is 5. The quantitative estimate of drug-likeness (QED) is 0.719. The highest BCUT2D eigenvalue weighted by molar-refractivity contribution is 5.99. The summed E-state index contributed by atoms with van der Waals surface area (Å²) < 4.78 is 5.65. The van der Waals surface area contributed by atoms with E-state index in [1.165, 1.54) is 12.0 Å². The van der Waals surface area contributed by atoms with Crippen molar-refractivity contribution in [2.24, 2.45) is 11.7 Å². The van der Waals surface area contributed by atoms with Crippen LogP contribution < -0.4 is 5.73 Å². The first-order valence-corrected chi connectivity index (χ1v) is 13.0. The number of nitrogens with zero attached hydrogens (tertiary/aromatic N) is 2. The lowest BCUT2D eigenvalue weighted by atomic mass is 9.73. The van der Waals surface area contributed by atoms with Crippen molar-refractivity contribution < 1.29 is 19.1 Å². The van der Waals surface area contributed by atoms with E-state index in [9.17, 15) is 14.4 Å². The zero-order valence-corrected chi connectivity index (χ0v) is 20.2. The summed E-state index contributed by atoms with van der Waals surface area (Å²) in [5, 5.41) is 0. The van der Waals surface area contributed by atoms with Gasteiger partial charge in [0.15, 0.2) is 5.78 Å². The van der Waals surface area contributed by atoms with Crippen LogP contribution in [0.1, 0.15) is 84.7 Å². The van der Waals surface area contributed by atoms with Gasteiger partial charge in [-0.15, -0.1) is 0 Å². The lowest BCUT2D eigenvalue weighted by Crippen LogP contribution is -2.46. The lowest BCUT2D eigenvalue weighted by molar-refractivity contribution is -0.139. The van der Waals surface area contributed by atoms with Gasteiger partial charge in [0.2, 0.25) is 11.8 Å². The molecule has 0 aromatic heterocycles. The van der Waals surface area contributed by atoms with Gasteiger partial charge in [0, 0.05) is 12.1 Å². The Morgan fingerprint density at radius 1 is 1.03 bits per heavy atom. The fourth-order valence-electron chi connectivity index (χ4n) is 6.73. The summed E-state index contributed by atoms with van der Waals surface area (Å²) in [6.07, 6.45) is 7.90. The van der Waals surface area contributed by atoms with E-state index in [4.69, 9.17) is 10.5 Å². The molecule has 184 valence electrons. The SMILES string of the molecule is CN1CCC(c2ccc(C(N)=O)c([C@@H](C(=O)N3CC[C@H]4OCC(=O)[C@H]43)C3CCCCC3)c2)CC1. The van der Waals surface area contributed by atoms with Gasteiger partial charge in [-0.05, 0) is 81.3 Å². The van der Waals surface area contributed by atoms with E-state index in [1.807, 2.05) is 12.1 Å². The summed E-state index contributed by atoms with van der Waals surface area (Å²) >= 11 is 0. The Balaban J connectivity index is 1.53. The van der Waals surface area contributed by atoms with Gasteiger partial charge >= 0.3 is 0 Å². The predicted octanol–water partition coefficient (Wildman–Crippen LogP) is 2.83. The minimum absolute atomic E-state index is 0.00607. The van der Waals surface area contributed by atoms with Gasteiger partial charge in [0.05, 0.1) is 12.0 Å². The van der Waals surface area contributed by atoms with Crippen LogP contribution in [0.5, 0.6) is 0 Å². The van der Waals surface area contributed by atoms with Crippen LogP contribution in [0.4, 0.5) is 0 Å². The standard InChI is InChI=1S/C27H37N3O4/c1-29-12-9-17(10-13-29)19-7-8-20(26(28)32)21(15-19)24(18-5-3-2-4-6-18)27(33)30-14-11-23-25(30)22(31)16-34-23/h7-8,15,17-18,23-25H,2-6,9-14,16H2,1H3,(H2,28,32)/t23-,24+,25-/m1/s1. The third kappa shape index (κ3) is 4.40. The number of amides is 2. The number of primary amides is 1. The first kappa shape index (κ1) is 23.5. The molecule has 0 unspecified atom stereocenters. The first-order chi connectivity index (χ1) is 16.4. The number of piperidine rings is 1. The molecule has 0 spiro atoms. The third-order valence-electron chi connectivity index (χ3n) is 8.65. The van der Waals surface area contributed by atoms with Crippen molar-refractivity contribution in [3.63, 3.8) is 0 Å². The number of benzene rings is 1. The van der Waals surface area contributed by atoms with Crippen molar-refractivity contribution in [3.05, 3.63) is 34.9 Å². The Kier molecular flexibility index (Phi) is 6.76. The number of ether oxygens (including phenoxy) is 1. The van der Waals surface area contributed by atoms with E-state index in [0.717, 1.165) is 57.2 Å². The second-order valence-corrected chi connectivity index (χ2v) is 10.7. The molecule has 3 heterocycles. The summed E-state index contributed by atoms with van der Waals surface area (Å²) in [6, 6.07) is 5.49. The van der Waals surface area contributed by atoms with Gasteiger partial charge in [-0.2, -0.15) is 0 Å². The molecular formula is C27H37N3O4. The van der Waals surface area contributed by atoms with Crippen LogP contribution in [0.15, 0.2) is 18.2 Å². The average molecular weight is 468 g/mol. The number of likely N-dealkylation sites (tertiary alicyclic amines) is 2. The number of ketones is 1. The van der Waals surface area contributed by atoms with Crippen LogP contribution in [0.25, 0.3) is 0 Å². The minimum atomic E-state index is -0.488. The highest BCUT2D eigenvalue weighted by Gasteiger charge is 2.49. The minimum Gasteiger partial charge on any atom is -0.368 e. The summed E-state index contributed by atoms with van der Waals surface area (Å²) in [7, 11) is 2.15. The second-order valence-electron chi connectivity index (χ2n) is 10.7. The highest BCUT2D eigenvalue weighted by atomic mass is 16.5. The van der Waals surface area contributed by atoms with Crippen LogP contribution in [0.3, 0.4) is 0 Å². The Morgan fingerprint density at radius 3 is 2.47 bits per heavy atom. The molecule has 2 amide bonds. The Hall–Kier alpha value is -2.25. The molecule has 1 aromatic carbocycles. The molecule has 7 nitrogen and oxygen atoms in total. The van der Waals surface area contributed by atoms with Gasteiger partial charge in [-0.1, -0.05) is 31.4 Å². The summed E-state index contributed by atoms with van der Waals surface area (Å²) in [5.41, 5.74) is 8.26. The van der Waals surface area contributed by atoms with E-state index in [2.05, 4.69) is 18.0 Å². The number of fused-ring (bicyclic) bond motifs is 1.